The Labute approximate surface area is 162 Å². The second kappa shape index (κ2) is 7.19. The lowest BCUT2D eigenvalue weighted by molar-refractivity contribution is 0.0388. The van der Waals surface area contributed by atoms with Gasteiger partial charge in [-0.3, -0.25) is 14.5 Å². The highest BCUT2D eigenvalue weighted by molar-refractivity contribution is 6.31. The Morgan fingerprint density at radius 1 is 0.679 bits per heavy atom. The maximum atomic E-state index is 13.0. The molecular formula is C22H21NO5. The molecule has 0 aromatic heterocycles. The lowest BCUT2D eigenvalue weighted by Crippen LogP contribution is -2.41. The molecule has 4 rings (SSSR count). The summed E-state index contributed by atoms with van der Waals surface area (Å²) in [5.41, 5.74) is 1.12. The van der Waals surface area contributed by atoms with E-state index in [9.17, 15) is 19.2 Å². The summed E-state index contributed by atoms with van der Waals surface area (Å²) in [6.45, 7) is 2.53. The first-order chi connectivity index (χ1) is 13.5. The molecule has 2 amide bonds. The first kappa shape index (κ1) is 18.3. The summed E-state index contributed by atoms with van der Waals surface area (Å²) in [6.07, 6.45) is 6.36. The number of amides is 2. The van der Waals surface area contributed by atoms with E-state index in [4.69, 9.17) is 4.74 Å². The van der Waals surface area contributed by atoms with Crippen molar-refractivity contribution in [1.29, 1.82) is 0 Å². The van der Waals surface area contributed by atoms with Gasteiger partial charge in [-0.25, -0.2) is 9.59 Å². The van der Waals surface area contributed by atoms with Gasteiger partial charge in [0.25, 0.3) is 11.8 Å². The number of hydrogen-bond acceptors (Lipinski definition) is 5. The highest BCUT2D eigenvalue weighted by Gasteiger charge is 2.37. The minimum Gasteiger partial charge on any atom is -0.386 e. The van der Waals surface area contributed by atoms with E-state index in [1.54, 1.807) is 12.1 Å². The molecule has 2 aromatic rings. The number of cyclic esters (lactones) is 2. The standard InChI is InChI=1S/C22H21NO5/c1-2-3-4-5-6-7-12-23-19(24)13-8-10-15-18-16(22(27)28-21(15)26)11-9-14(17(13)18)20(23)25/h8-11H,2-7,12H2,1H3. The smallest absolute Gasteiger partial charge is 0.346 e. The zero-order chi connectivity index (χ0) is 19.8. The zero-order valence-corrected chi connectivity index (χ0v) is 15.7. The van der Waals surface area contributed by atoms with Crippen LogP contribution in [0.25, 0.3) is 10.8 Å². The number of carbonyl (C=O) groups is 4. The summed E-state index contributed by atoms with van der Waals surface area (Å²) in [5, 5.41) is 0.728. The van der Waals surface area contributed by atoms with Crippen LogP contribution in [-0.4, -0.2) is 35.2 Å². The first-order valence-corrected chi connectivity index (χ1v) is 9.77. The number of esters is 2. The van der Waals surface area contributed by atoms with Crippen molar-refractivity contribution in [1.82, 2.24) is 4.90 Å². The average Bonchev–Trinajstić information content (AvgIpc) is 2.69. The molecule has 0 radical (unpaired) electrons. The molecule has 0 unspecified atom stereocenters. The van der Waals surface area contributed by atoms with Crippen molar-refractivity contribution < 1.29 is 23.9 Å². The molecule has 0 spiro atoms. The van der Waals surface area contributed by atoms with Crippen molar-refractivity contribution >= 4 is 34.5 Å². The van der Waals surface area contributed by atoms with Crippen LogP contribution in [0, 0.1) is 0 Å². The number of hydrogen-bond donors (Lipinski definition) is 0. The van der Waals surface area contributed by atoms with Gasteiger partial charge in [0, 0.05) is 28.4 Å². The van der Waals surface area contributed by atoms with E-state index >= 15 is 0 Å². The van der Waals surface area contributed by atoms with Crippen LogP contribution in [0.1, 0.15) is 86.9 Å². The highest BCUT2D eigenvalue weighted by atomic mass is 16.6. The second-order valence-electron chi connectivity index (χ2n) is 7.28. The van der Waals surface area contributed by atoms with E-state index in [2.05, 4.69) is 6.92 Å². The predicted molar refractivity (Wildman–Crippen MR) is 102 cm³/mol. The highest BCUT2D eigenvalue weighted by Crippen LogP contribution is 2.37. The Bertz CT molecular complexity index is 954. The van der Waals surface area contributed by atoms with Gasteiger partial charge in [-0.2, -0.15) is 0 Å². The predicted octanol–water partition coefficient (Wildman–Crippen LogP) is 4.11. The molecule has 2 aliphatic rings. The van der Waals surface area contributed by atoms with Crippen LogP contribution in [0.2, 0.25) is 0 Å². The van der Waals surface area contributed by atoms with Crippen LogP contribution in [0.3, 0.4) is 0 Å². The molecule has 2 aliphatic heterocycles. The van der Waals surface area contributed by atoms with Crippen molar-refractivity contribution in [3.05, 3.63) is 46.5 Å². The quantitative estimate of drug-likeness (QED) is 0.313. The minimum atomic E-state index is -0.754. The number of benzene rings is 2. The summed E-state index contributed by atoms with van der Waals surface area (Å²) in [6, 6.07) is 6.09. The minimum absolute atomic E-state index is 0.208. The SMILES string of the molecule is CCCCCCCCN1C(=O)c2ccc3c4c(ccc(c24)C1=O)C(=O)OC3=O. The van der Waals surface area contributed by atoms with Gasteiger partial charge in [0.1, 0.15) is 0 Å². The van der Waals surface area contributed by atoms with Crippen molar-refractivity contribution in [3.8, 4) is 0 Å². The fraction of sp³-hybridized carbons (Fsp3) is 0.364. The summed E-state index contributed by atoms with van der Waals surface area (Å²) >= 11 is 0. The number of nitrogens with zero attached hydrogens (tertiary/aromatic N) is 1. The van der Waals surface area contributed by atoms with Crippen molar-refractivity contribution in [2.75, 3.05) is 6.54 Å². The molecule has 6 nitrogen and oxygen atoms in total. The van der Waals surface area contributed by atoms with Gasteiger partial charge in [-0.1, -0.05) is 39.0 Å². The van der Waals surface area contributed by atoms with Crippen LogP contribution in [0.5, 0.6) is 0 Å². The topological polar surface area (TPSA) is 80.8 Å². The monoisotopic (exact) mass is 379 g/mol. The molecule has 0 atom stereocenters. The normalized spacial score (nSPS) is 15.4. The zero-order valence-electron chi connectivity index (χ0n) is 15.7. The van der Waals surface area contributed by atoms with Gasteiger partial charge in [-0.15, -0.1) is 0 Å². The molecule has 0 saturated heterocycles. The molecule has 2 heterocycles. The van der Waals surface area contributed by atoms with Crippen molar-refractivity contribution in [3.63, 3.8) is 0 Å². The third-order valence-corrected chi connectivity index (χ3v) is 5.47. The van der Waals surface area contributed by atoms with E-state index in [0.717, 1.165) is 25.7 Å². The number of imide groups is 1. The van der Waals surface area contributed by atoms with Crippen LogP contribution in [-0.2, 0) is 4.74 Å². The third-order valence-electron chi connectivity index (χ3n) is 5.47. The number of ether oxygens (including phenoxy) is 1. The van der Waals surface area contributed by atoms with Gasteiger partial charge in [-0.05, 0) is 30.7 Å². The van der Waals surface area contributed by atoms with Crippen LogP contribution in [0.15, 0.2) is 24.3 Å². The fourth-order valence-electron chi connectivity index (χ4n) is 4.02. The van der Waals surface area contributed by atoms with E-state index in [-0.39, 0.29) is 22.9 Å². The van der Waals surface area contributed by atoms with Crippen LogP contribution >= 0.6 is 0 Å². The molecule has 0 saturated carbocycles. The average molecular weight is 379 g/mol. The Morgan fingerprint density at radius 2 is 1.14 bits per heavy atom. The Balaban J connectivity index is 1.67. The summed E-state index contributed by atoms with van der Waals surface area (Å²) in [5.74, 6) is -2.26. The molecule has 6 heteroatoms. The Kier molecular flexibility index (Phi) is 4.71. The Morgan fingerprint density at radius 3 is 1.71 bits per heavy atom. The molecule has 2 aromatic carbocycles. The van der Waals surface area contributed by atoms with E-state index < -0.39 is 11.9 Å². The lowest BCUT2D eigenvalue weighted by atomic mass is 9.87. The van der Waals surface area contributed by atoms with Gasteiger partial charge >= 0.3 is 11.9 Å². The summed E-state index contributed by atoms with van der Waals surface area (Å²) < 4.78 is 4.74. The molecule has 0 bridgehead atoms. The van der Waals surface area contributed by atoms with Gasteiger partial charge < -0.3 is 4.74 Å². The van der Waals surface area contributed by atoms with Gasteiger partial charge in [0.05, 0.1) is 11.1 Å². The molecule has 144 valence electrons. The molecule has 0 fully saturated rings. The Hall–Kier alpha value is -3.02. The molecule has 28 heavy (non-hydrogen) atoms. The molecular weight excluding hydrogens is 358 g/mol. The first-order valence-electron chi connectivity index (χ1n) is 9.77. The van der Waals surface area contributed by atoms with Crippen LogP contribution in [0.4, 0.5) is 0 Å². The van der Waals surface area contributed by atoms with Crippen LogP contribution < -0.4 is 0 Å². The van der Waals surface area contributed by atoms with Gasteiger partial charge in [0.15, 0.2) is 0 Å². The fourth-order valence-corrected chi connectivity index (χ4v) is 4.02. The van der Waals surface area contributed by atoms with Gasteiger partial charge in [0.2, 0.25) is 0 Å². The number of unbranched alkanes of at least 4 members (excludes halogenated alkanes) is 5. The van der Waals surface area contributed by atoms with Crippen molar-refractivity contribution in [2.45, 2.75) is 45.4 Å². The second-order valence-corrected chi connectivity index (χ2v) is 7.28. The maximum Gasteiger partial charge on any atom is 0.346 e. The molecule has 0 aliphatic carbocycles. The van der Waals surface area contributed by atoms with E-state index in [1.165, 1.54) is 29.9 Å². The van der Waals surface area contributed by atoms with E-state index in [1.807, 2.05) is 0 Å². The van der Waals surface area contributed by atoms with E-state index in [0.29, 0.717) is 28.4 Å². The maximum absolute atomic E-state index is 13.0. The number of carbonyl (C=O) groups excluding carboxylic acids is 4. The lowest BCUT2D eigenvalue weighted by Gasteiger charge is -2.29. The number of rotatable bonds is 7. The van der Waals surface area contributed by atoms with Crippen molar-refractivity contribution in [2.24, 2.45) is 0 Å². The largest absolute Gasteiger partial charge is 0.386 e. The third kappa shape index (κ3) is 2.80. The summed E-state index contributed by atoms with van der Waals surface area (Å²) in [4.78, 5) is 51.4. The summed E-state index contributed by atoms with van der Waals surface area (Å²) in [7, 11) is 0. The molecule has 0 N–H and O–H groups in total.